The number of rotatable bonds is 9. The molecule has 3 nitrogen and oxygen atoms in total. The Morgan fingerprint density at radius 3 is 1.48 bits per heavy atom. The van der Waals surface area contributed by atoms with Crippen molar-refractivity contribution in [1.82, 2.24) is 5.06 Å². The maximum atomic E-state index is 11.6. The van der Waals surface area contributed by atoms with Gasteiger partial charge in [0.1, 0.15) is 0 Å². The van der Waals surface area contributed by atoms with Crippen LogP contribution >= 0.6 is 0 Å². The quantitative estimate of drug-likeness (QED) is 0.324. The van der Waals surface area contributed by atoms with Gasteiger partial charge in [-0.2, -0.15) is 5.06 Å². The highest BCUT2D eigenvalue weighted by Gasteiger charge is 2.29. The SMILES string of the molecule is ON(C(c1ccccc1)c1ccccc1)[C@H](COCc1ccccc1)c1ccccc1. The van der Waals surface area contributed by atoms with E-state index in [1.54, 1.807) is 0 Å². The molecule has 1 atom stereocenters. The third-order valence-corrected chi connectivity index (χ3v) is 5.39. The van der Waals surface area contributed by atoms with Crippen LogP contribution in [-0.4, -0.2) is 16.9 Å². The van der Waals surface area contributed by atoms with Gasteiger partial charge in [-0.3, -0.25) is 0 Å². The largest absolute Gasteiger partial charge is 0.375 e. The van der Waals surface area contributed by atoms with Crippen LogP contribution in [0.2, 0.25) is 0 Å². The highest BCUT2D eigenvalue weighted by Crippen LogP contribution is 2.34. The maximum absolute atomic E-state index is 11.6. The zero-order valence-corrected chi connectivity index (χ0v) is 17.4. The van der Waals surface area contributed by atoms with E-state index in [0.717, 1.165) is 22.3 Å². The summed E-state index contributed by atoms with van der Waals surface area (Å²) < 4.78 is 6.08. The second kappa shape index (κ2) is 10.7. The van der Waals surface area contributed by atoms with E-state index in [1.807, 2.05) is 121 Å². The van der Waals surface area contributed by atoms with Crippen molar-refractivity contribution in [2.24, 2.45) is 0 Å². The zero-order chi connectivity index (χ0) is 21.3. The van der Waals surface area contributed by atoms with E-state index in [9.17, 15) is 5.21 Å². The van der Waals surface area contributed by atoms with Crippen LogP contribution in [0.3, 0.4) is 0 Å². The second-order valence-corrected chi connectivity index (χ2v) is 7.53. The van der Waals surface area contributed by atoms with E-state index in [0.29, 0.717) is 13.2 Å². The van der Waals surface area contributed by atoms with Crippen LogP contribution in [0.1, 0.15) is 34.3 Å². The van der Waals surface area contributed by atoms with Gasteiger partial charge in [0.15, 0.2) is 0 Å². The van der Waals surface area contributed by atoms with Gasteiger partial charge in [-0.05, 0) is 22.3 Å². The molecule has 0 unspecified atom stereocenters. The zero-order valence-electron chi connectivity index (χ0n) is 17.4. The summed E-state index contributed by atoms with van der Waals surface area (Å²) in [6.45, 7) is 0.866. The molecule has 0 bridgehead atoms. The third kappa shape index (κ3) is 5.47. The number of nitrogens with zero attached hydrogens (tertiary/aromatic N) is 1. The highest BCUT2D eigenvalue weighted by molar-refractivity contribution is 5.32. The first-order chi connectivity index (χ1) is 15.3. The Morgan fingerprint density at radius 1 is 0.581 bits per heavy atom. The highest BCUT2D eigenvalue weighted by atomic mass is 16.5. The van der Waals surface area contributed by atoms with Gasteiger partial charge in [0.25, 0.3) is 0 Å². The van der Waals surface area contributed by atoms with E-state index in [-0.39, 0.29) is 12.1 Å². The average molecular weight is 410 g/mol. The summed E-state index contributed by atoms with van der Waals surface area (Å²) in [6.07, 6.45) is 0. The minimum absolute atomic E-state index is 0.312. The average Bonchev–Trinajstić information content (AvgIpc) is 2.84. The van der Waals surface area contributed by atoms with E-state index >= 15 is 0 Å². The van der Waals surface area contributed by atoms with Crippen LogP contribution < -0.4 is 0 Å². The van der Waals surface area contributed by atoms with Crippen molar-refractivity contribution < 1.29 is 9.94 Å². The lowest BCUT2D eigenvalue weighted by molar-refractivity contribution is -0.169. The van der Waals surface area contributed by atoms with Crippen molar-refractivity contribution in [3.05, 3.63) is 144 Å². The van der Waals surface area contributed by atoms with Gasteiger partial charge in [0, 0.05) is 0 Å². The Bertz CT molecular complexity index is 984. The standard InChI is InChI=1S/C28H27NO2/c30-29(28(25-17-9-3-10-18-25)26-19-11-4-12-20-26)27(24-15-7-2-8-16-24)22-31-21-23-13-5-1-6-14-23/h1-20,27-28,30H,21-22H2/t27-/m1/s1. The van der Waals surface area contributed by atoms with Crippen LogP contribution in [0.4, 0.5) is 0 Å². The summed E-state index contributed by atoms with van der Waals surface area (Å²) in [6, 6.07) is 39.7. The van der Waals surface area contributed by atoms with Gasteiger partial charge in [0.05, 0.1) is 25.3 Å². The molecule has 156 valence electrons. The minimum atomic E-state index is -0.324. The van der Waals surface area contributed by atoms with Crippen molar-refractivity contribution in [1.29, 1.82) is 0 Å². The lowest BCUT2D eigenvalue weighted by Gasteiger charge is -2.34. The van der Waals surface area contributed by atoms with Crippen LogP contribution in [0, 0.1) is 0 Å². The molecule has 4 rings (SSSR count). The summed E-state index contributed by atoms with van der Waals surface area (Å²) in [5.74, 6) is 0. The summed E-state index contributed by atoms with van der Waals surface area (Å²) >= 11 is 0. The van der Waals surface area contributed by atoms with Gasteiger partial charge >= 0.3 is 0 Å². The first-order valence-corrected chi connectivity index (χ1v) is 10.6. The van der Waals surface area contributed by atoms with Crippen molar-refractivity contribution in [3.8, 4) is 0 Å². The van der Waals surface area contributed by atoms with Crippen LogP contribution in [0.25, 0.3) is 0 Å². The molecule has 4 aromatic rings. The molecule has 1 N–H and O–H groups in total. The van der Waals surface area contributed by atoms with Crippen molar-refractivity contribution in [2.75, 3.05) is 6.61 Å². The number of hydroxylamine groups is 2. The van der Waals surface area contributed by atoms with Gasteiger partial charge in [-0.25, -0.2) is 0 Å². The third-order valence-electron chi connectivity index (χ3n) is 5.39. The Kier molecular flexibility index (Phi) is 7.24. The van der Waals surface area contributed by atoms with Crippen molar-refractivity contribution >= 4 is 0 Å². The number of benzene rings is 4. The molecular formula is C28H27NO2. The van der Waals surface area contributed by atoms with Crippen LogP contribution in [0.5, 0.6) is 0 Å². The van der Waals surface area contributed by atoms with Crippen LogP contribution in [0.15, 0.2) is 121 Å². The van der Waals surface area contributed by atoms with E-state index < -0.39 is 0 Å². The molecule has 0 radical (unpaired) electrons. The van der Waals surface area contributed by atoms with E-state index in [1.165, 1.54) is 5.06 Å². The maximum Gasteiger partial charge on any atom is 0.0857 e. The molecule has 3 heteroatoms. The fourth-order valence-corrected chi connectivity index (χ4v) is 3.81. The predicted molar refractivity (Wildman–Crippen MR) is 124 cm³/mol. The molecule has 31 heavy (non-hydrogen) atoms. The molecule has 0 spiro atoms. The van der Waals surface area contributed by atoms with Crippen LogP contribution in [-0.2, 0) is 11.3 Å². The molecule has 0 aromatic heterocycles. The van der Waals surface area contributed by atoms with Crippen molar-refractivity contribution in [3.63, 3.8) is 0 Å². The van der Waals surface area contributed by atoms with E-state index in [4.69, 9.17) is 4.74 Å². The number of hydrogen-bond donors (Lipinski definition) is 1. The topological polar surface area (TPSA) is 32.7 Å². The van der Waals surface area contributed by atoms with Gasteiger partial charge in [0.2, 0.25) is 0 Å². The predicted octanol–water partition coefficient (Wildman–Crippen LogP) is 6.43. The molecule has 0 saturated heterocycles. The second-order valence-electron chi connectivity index (χ2n) is 7.53. The lowest BCUT2D eigenvalue weighted by Crippen LogP contribution is -2.33. The summed E-state index contributed by atoms with van der Waals surface area (Å²) in [7, 11) is 0. The van der Waals surface area contributed by atoms with Gasteiger partial charge in [-0.15, -0.1) is 0 Å². The summed E-state index contributed by atoms with van der Waals surface area (Å²) in [5.41, 5.74) is 4.18. The molecule has 0 amide bonds. The van der Waals surface area contributed by atoms with Gasteiger partial charge in [-0.1, -0.05) is 121 Å². The summed E-state index contributed by atoms with van der Waals surface area (Å²) in [4.78, 5) is 0. The Labute approximate surface area is 184 Å². The van der Waals surface area contributed by atoms with Crippen molar-refractivity contribution in [2.45, 2.75) is 18.7 Å². The summed E-state index contributed by atoms with van der Waals surface area (Å²) in [5, 5.41) is 13.0. The molecule has 0 aliphatic rings. The Balaban J connectivity index is 1.63. The molecule has 0 saturated carbocycles. The monoisotopic (exact) mass is 409 g/mol. The number of hydrogen-bond acceptors (Lipinski definition) is 3. The number of ether oxygens (including phenoxy) is 1. The smallest absolute Gasteiger partial charge is 0.0857 e. The molecule has 0 aliphatic heterocycles. The molecular weight excluding hydrogens is 382 g/mol. The van der Waals surface area contributed by atoms with Gasteiger partial charge < -0.3 is 9.94 Å². The fraction of sp³-hybridized carbons (Fsp3) is 0.143. The molecule has 0 heterocycles. The van der Waals surface area contributed by atoms with E-state index in [2.05, 4.69) is 0 Å². The Morgan fingerprint density at radius 2 is 1.00 bits per heavy atom. The molecule has 0 fully saturated rings. The molecule has 0 aliphatic carbocycles. The first kappa shape index (κ1) is 21.0. The first-order valence-electron chi connectivity index (χ1n) is 10.6. The molecule has 4 aromatic carbocycles. The fourth-order valence-electron chi connectivity index (χ4n) is 3.81. The lowest BCUT2D eigenvalue weighted by atomic mass is 9.96. The minimum Gasteiger partial charge on any atom is -0.375 e. The Hall–Kier alpha value is -3.24. The normalized spacial score (nSPS) is 12.2.